The van der Waals surface area contributed by atoms with E-state index in [1.807, 2.05) is 0 Å². The minimum atomic E-state index is -3.54. The number of carboxylic acids is 1. The maximum absolute atomic E-state index is 12.0. The molecule has 0 atom stereocenters. The molecule has 0 amide bonds. The maximum atomic E-state index is 12.0. The molecule has 0 saturated heterocycles. The molecule has 0 spiro atoms. The van der Waals surface area contributed by atoms with Crippen LogP contribution >= 0.6 is 0 Å². The Labute approximate surface area is 115 Å². The molecule has 6 heteroatoms. The highest BCUT2D eigenvalue weighted by Crippen LogP contribution is 2.34. The van der Waals surface area contributed by atoms with Gasteiger partial charge in [-0.1, -0.05) is 27.2 Å². The van der Waals surface area contributed by atoms with Crippen molar-refractivity contribution in [3.05, 3.63) is 0 Å². The van der Waals surface area contributed by atoms with Crippen molar-refractivity contribution in [3.8, 4) is 0 Å². The van der Waals surface area contributed by atoms with Crippen LogP contribution in [-0.2, 0) is 14.8 Å². The molecule has 0 radical (unpaired) electrons. The summed E-state index contributed by atoms with van der Waals surface area (Å²) in [4.78, 5) is 11.5. The maximum Gasteiger partial charge on any atom is 0.324 e. The van der Waals surface area contributed by atoms with Crippen LogP contribution in [0.2, 0.25) is 0 Å². The van der Waals surface area contributed by atoms with E-state index < -0.39 is 21.5 Å². The van der Waals surface area contributed by atoms with E-state index in [9.17, 15) is 18.3 Å². The minimum Gasteiger partial charge on any atom is -0.480 e. The SMILES string of the molecule is CCC1CCC(NS(=O)(=O)CC(C)C)(C(=O)O)CC1. The first kappa shape index (κ1) is 16.4. The molecule has 1 saturated carbocycles. The normalized spacial score (nSPS) is 28.5. The lowest BCUT2D eigenvalue weighted by atomic mass is 9.76. The monoisotopic (exact) mass is 291 g/mol. The Morgan fingerprint density at radius 1 is 1.37 bits per heavy atom. The lowest BCUT2D eigenvalue weighted by Crippen LogP contribution is -2.56. The van der Waals surface area contributed by atoms with E-state index >= 15 is 0 Å². The van der Waals surface area contributed by atoms with Crippen molar-refractivity contribution >= 4 is 16.0 Å². The van der Waals surface area contributed by atoms with Crippen LogP contribution in [0, 0.1) is 11.8 Å². The average molecular weight is 291 g/mol. The number of hydrogen-bond donors (Lipinski definition) is 2. The summed E-state index contributed by atoms with van der Waals surface area (Å²) in [6, 6.07) is 0. The van der Waals surface area contributed by atoms with Gasteiger partial charge < -0.3 is 5.11 Å². The first-order valence-corrected chi connectivity index (χ1v) is 8.61. The second kappa shape index (κ2) is 6.22. The molecule has 5 nitrogen and oxygen atoms in total. The zero-order valence-corrected chi connectivity index (χ0v) is 12.8. The fraction of sp³-hybridized carbons (Fsp3) is 0.923. The fourth-order valence-corrected chi connectivity index (χ4v) is 4.56. The quantitative estimate of drug-likeness (QED) is 0.784. The molecule has 0 aromatic rings. The van der Waals surface area contributed by atoms with Crippen molar-refractivity contribution in [3.63, 3.8) is 0 Å². The van der Waals surface area contributed by atoms with Crippen LogP contribution in [0.4, 0.5) is 0 Å². The van der Waals surface area contributed by atoms with Crippen LogP contribution in [0.1, 0.15) is 52.9 Å². The van der Waals surface area contributed by atoms with Crippen LogP contribution in [0.3, 0.4) is 0 Å². The van der Waals surface area contributed by atoms with E-state index in [4.69, 9.17) is 0 Å². The molecule has 0 unspecified atom stereocenters. The second-order valence-electron chi connectivity index (χ2n) is 6.02. The fourth-order valence-electron chi connectivity index (χ4n) is 2.72. The van der Waals surface area contributed by atoms with Gasteiger partial charge in [-0.3, -0.25) is 4.79 Å². The van der Waals surface area contributed by atoms with Crippen molar-refractivity contribution < 1.29 is 18.3 Å². The number of hydrogen-bond acceptors (Lipinski definition) is 3. The molecule has 0 bridgehead atoms. The zero-order valence-electron chi connectivity index (χ0n) is 12.0. The summed E-state index contributed by atoms with van der Waals surface area (Å²) in [6.07, 6.45) is 3.34. The van der Waals surface area contributed by atoms with Gasteiger partial charge in [0.25, 0.3) is 0 Å². The Morgan fingerprint density at radius 3 is 2.26 bits per heavy atom. The molecule has 19 heavy (non-hydrogen) atoms. The van der Waals surface area contributed by atoms with Gasteiger partial charge in [0.1, 0.15) is 5.54 Å². The Morgan fingerprint density at radius 2 is 1.89 bits per heavy atom. The Kier molecular flexibility index (Phi) is 5.38. The Hall–Kier alpha value is -0.620. The number of carbonyl (C=O) groups is 1. The largest absolute Gasteiger partial charge is 0.480 e. The van der Waals surface area contributed by atoms with Crippen molar-refractivity contribution in [1.29, 1.82) is 0 Å². The van der Waals surface area contributed by atoms with E-state index in [1.165, 1.54) is 0 Å². The summed E-state index contributed by atoms with van der Waals surface area (Å²) in [5.74, 6) is -0.578. The molecule has 0 aromatic heterocycles. The van der Waals surface area contributed by atoms with E-state index in [1.54, 1.807) is 13.8 Å². The predicted octanol–water partition coefficient (Wildman–Crippen LogP) is 1.99. The molecule has 1 fully saturated rings. The summed E-state index contributed by atoms with van der Waals surface area (Å²) in [7, 11) is -3.54. The first-order valence-electron chi connectivity index (χ1n) is 6.96. The van der Waals surface area contributed by atoms with Gasteiger partial charge in [0.2, 0.25) is 10.0 Å². The molecular formula is C13H25NO4S. The molecule has 1 aliphatic carbocycles. The first-order chi connectivity index (χ1) is 8.71. The molecule has 1 aliphatic rings. The highest BCUT2D eigenvalue weighted by Gasteiger charge is 2.44. The van der Waals surface area contributed by atoms with E-state index in [2.05, 4.69) is 11.6 Å². The van der Waals surface area contributed by atoms with Crippen molar-refractivity contribution in [2.45, 2.75) is 58.4 Å². The summed E-state index contributed by atoms with van der Waals surface area (Å²) < 4.78 is 26.4. The Balaban J connectivity index is 2.82. The van der Waals surface area contributed by atoms with Gasteiger partial charge in [-0.05, 0) is 37.5 Å². The minimum absolute atomic E-state index is 0.0182. The standard InChI is InChI=1S/C13H25NO4S/c1-4-11-5-7-13(8-6-11,12(15)16)14-19(17,18)9-10(2)3/h10-11,14H,4-9H2,1-3H3,(H,15,16). The van der Waals surface area contributed by atoms with Gasteiger partial charge in [0.05, 0.1) is 5.75 Å². The topological polar surface area (TPSA) is 83.5 Å². The molecular weight excluding hydrogens is 266 g/mol. The third-order valence-electron chi connectivity index (χ3n) is 3.85. The molecule has 1 rings (SSSR count). The van der Waals surface area contributed by atoms with Crippen LogP contribution < -0.4 is 4.72 Å². The van der Waals surface area contributed by atoms with Crippen molar-refractivity contribution in [1.82, 2.24) is 4.72 Å². The molecule has 0 aromatic carbocycles. The van der Waals surface area contributed by atoms with E-state index in [0.717, 1.165) is 19.3 Å². The van der Waals surface area contributed by atoms with Gasteiger partial charge in [0, 0.05) is 0 Å². The lowest BCUT2D eigenvalue weighted by molar-refractivity contribution is -0.145. The van der Waals surface area contributed by atoms with Crippen LogP contribution in [-0.4, -0.2) is 30.8 Å². The highest BCUT2D eigenvalue weighted by molar-refractivity contribution is 7.89. The van der Waals surface area contributed by atoms with Gasteiger partial charge >= 0.3 is 5.97 Å². The third-order valence-corrected chi connectivity index (χ3v) is 5.66. The number of rotatable bonds is 6. The lowest BCUT2D eigenvalue weighted by Gasteiger charge is -2.37. The number of sulfonamides is 1. The highest BCUT2D eigenvalue weighted by atomic mass is 32.2. The second-order valence-corrected chi connectivity index (χ2v) is 7.78. The number of nitrogens with one attached hydrogen (secondary N) is 1. The predicted molar refractivity (Wildman–Crippen MR) is 74.4 cm³/mol. The van der Waals surface area contributed by atoms with Gasteiger partial charge in [-0.2, -0.15) is 4.72 Å². The summed E-state index contributed by atoms with van der Waals surface area (Å²) >= 11 is 0. The van der Waals surface area contributed by atoms with Gasteiger partial charge in [0.15, 0.2) is 0 Å². The third kappa shape index (κ3) is 4.45. The summed E-state index contributed by atoms with van der Waals surface area (Å²) in [5.41, 5.74) is -1.29. The zero-order chi connectivity index (χ0) is 14.7. The summed E-state index contributed by atoms with van der Waals surface area (Å²) in [6.45, 7) is 5.70. The Bertz CT molecular complexity index is 408. The molecule has 2 N–H and O–H groups in total. The average Bonchev–Trinajstić information content (AvgIpc) is 2.27. The molecule has 112 valence electrons. The van der Waals surface area contributed by atoms with Gasteiger partial charge in [-0.25, -0.2) is 8.42 Å². The van der Waals surface area contributed by atoms with Crippen LogP contribution in [0.25, 0.3) is 0 Å². The van der Waals surface area contributed by atoms with Crippen LogP contribution in [0.5, 0.6) is 0 Å². The molecule has 0 heterocycles. The smallest absolute Gasteiger partial charge is 0.324 e. The summed E-state index contributed by atoms with van der Waals surface area (Å²) in [5, 5.41) is 9.42. The van der Waals surface area contributed by atoms with E-state index in [0.29, 0.717) is 18.8 Å². The van der Waals surface area contributed by atoms with Crippen molar-refractivity contribution in [2.75, 3.05) is 5.75 Å². The number of carboxylic acid groups (broad SMARTS) is 1. The van der Waals surface area contributed by atoms with Crippen molar-refractivity contribution in [2.24, 2.45) is 11.8 Å². The van der Waals surface area contributed by atoms with Crippen LogP contribution in [0.15, 0.2) is 0 Å². The van der Waals surface area contributed by atoms with E-state index in [-0.39, 0.29) is 11.7 Å². The number of aliphatic carboxylic acids is 1. The molecule has 0 aliphatic heterocycles. The van der Waals surface area contributed by atoms with Gasteiger partial charge in [-0.15, -0.1) is 0 Å².